The van der Waals surface area contributed by atoms with Gasteiger partial charge in [-0.1, -0.05) is 18.5 Å². The summed E-state index contributed by atoms with van der Waals surface area (Å²) < 4.78 is 0. The maximum Gasteiger partial charge on any atom is 0.317 e. The lowest BCUT2D eigenvalue weighted by Gasteiger charge is -2.18. The topological polar surface area (TPSA) is 93.4 Å². The van der Waals surface area contributed by atoms with Crippen LogP contribution in [0.3, 0.4) is 0 Å². The SMILES string of the molecule is CCCN(CC(=O)O)CC(=O)Nc1ccc(C#N)c(Cl)c1. The minimum absolute atomic E-state index is 0.0161. The fourth-order valence-electron chi connectivity index (χ4n) is 1.81. The fourth-order valence-corrected chi connectivity index (χ4v) is 2.03. The molecule has 0 fully saturated rings. The Labute approximate surface area is 127 Å². The van der Waals surface area contributed by atoms with E-state index in [1.165, 1.54) is 12.1 Å². The molecule has 0 atom stereocenters. The van der Waals surface area contributed by atoms with Crippen molar-refractivity contribution in [3.05, 3.63) is 28.8 Å². The van der Waals surface area contributed by atoms with Crippen LogP contribution in [0.5, 0.6) is 0 Å². The van der Waals surface area contributed by atoms with Gasteiger partial charge in [0.1, 0.15) is 6.07 Å². The van der Waals surface area contributed by atoms with Crippen LogP contribution in [-0.2, 0) is 9.59 Å². The summed E-state index contributed by atoms with van der Waals surface area (Å²) in [5.74, 6) is -1.30. The number of halogens is 1. The quantitative estimate of drug-likeness (QED) is 0.803. The van der Waals surface area contributed by atoms with Crippen LogP contribution < -0.4 is 5.32 Å². The minimum atomic E-state index is -0.974. The van der Waals surface area contributed by atoms with Crippen LogP contribution in [0.25, 0.3) is 0 Å². The standard InChI is InChI=1S/C14H16ClN3O3/c1-2-5-18(9-14(20)21)8-13(19)17-11-4-3-10(7-16)12(15)6-11/h3-4,6H,2,5,8-9H2,1H3,(H,17,19)(H,20,21). The van der Waals surface area contributed by atoms with E-state index in [1.54, 1.807) is 11.0 Å². The fraction of sp³-hybridized carbons (Fsp3) is 0.357. The molecule has 0 heterocycles. The highest BCUT2D eigenvalue weighted by atomic mass is 35.5. The summed E-state index contributed by atoms with van der Waals surface area (Å²) in [6.07, 6.45) is 0.753. The Bertz CT molecular complexity index is 569. The predicted octanol–water partition coefficient (Wildman–Crippen LogP) is 1.95. The van der Waals surface area contributed by atoms with Crippen LogP contribution in [-0.4, -0.2) is 41.5 Å². The smallest absolute Gasteiger partial charge is 0.317 e. The molecule has 0 aliphatic carbocycles. The molecule has 0 aromatic heterocycles. The Morgan fingerprint density at radius 1 is 1.43 bits per heavy atom. The van der Waals surface area contributed by atoms with Gasteiger partial charge in [-0.15, -0.1) is 0 Å². The zero-order valence-corrected chi connectivity index (χ0v) is 12.4. The number of benzene rings is 1. The van der Waals surface area contributed by atoms with E-state index >= 15 is 0 Å². The number of carboxylic acids is 1. The van der Waals surface area contributed by atoms with Gasteiger partial charge in [-0.25, -0.2) is 0 Å². The lowest BCUT2D eigenvalue weighted by Crippen LogP contribution is -2.37. The van der Waals surface area contributed by atoms with Gasteiger partial charge >= 0.3 is 5.97 Å². The van der Waals surface area contributed by atoms with Crippen molar-refractivity contribution in [1.29, 1.82) is 5.26 Å². The first-order valence-electron chi connectivity index (χ1n) is 6.40. The first kappa shape index (κ1) is 17.0. The van der Waals surface area contributed by atoms with E-state index in [9.17, 15) is 9.59 Å². The summed E-state index contributed by atoms with van der Waals surface area (Å²) >= 11 is 5.88. The lowest BCUT2D eigenvalue weighted by molar-refractivity contribution is -0.138. The lowest BCUT2D eigenvalue weighted by atomic mass is 10.2. The second-order valence-corrected chi connectivity index (χ2v) is 4.87. The van der Waals surface area contributed by atoms with Gasteiger partial charge in [-0.3, -0.25) is 14.5 Å². The number of aliphatic carboxylic acids is 1. The molecule has 21 heavy (non-hydrogen) atoms. The van der Waals surface area contributed by atoms with Crippen molar-refractivity contribution < 1.29 is 14.7 Å². The number of nitrogens with zero attached hydrogens (tertiary/aromatic N) is 2. The predicted molar refractivity (Wildman–Crippen MR) is 79.2 cm³/mol. The average Bonchev–Trinajstić information content (AvgIpc) is 2.38. The molecule has 0 saturated carbocycles. The summed E-state index contributed by atoms with van der Waals surface area (Å²) in [4.78, 5) is 24.2. The third kappa shape index (κ3) is 5.81. The van der Waals surface area contributed by atoms with Crippen molar-refractivity contribution in [2.75, 3.05) is 25.0 Å². The summed E-state index contributed by atoms with van der Waals surface area (Å²) in [7, 11) is 0. The number of anilines is 1. The number of amides is 1. The third-order valence-corrected chi connectivity index (χ3v) is 2.95. The zero-order valence-electron chi connectivity index (χ0n) is 11.6. The average molecular weight is 310 g/mol. The molecule has 0 radical (unpaired) electrons. The van der Waals surface area contributed by atoms with Crippen LogP contribution in [0.15, 0.2) is 18.2 Å². The molecule has 1 amide bonds. The minimum Gasteiger partial charge on any atom is -0.480 e. The molecule has 6 nitrogen and oxygen atoms in total. The zero-order chi connectivity index (χ0) is 15.8. The maximum absolute atomic E-state index is 11.9. The molecule has 0 unspecified atom stereocenters. The van der Waals surface area contributed by atoms with E-state index in [2.05, 4.69) is 5.32 Å². The van der Waals surface area contributed by atoms with Gasteiger partial charge in [-0.2, -0.15) is 5.26 Å². The largest absolute Gasteiger partial charge is 0.480 e. The van der Waals surface area contributed by atoms with Crippen LogP contribution >= 0.6 is 11.6 Å². The molecule has 7 heteroatoms. The Kier molecular flexibility index (Phi) is 6.66. The highest BCUT2D eigenvalue weighted by Crippen LogP contribution is 2.20. The maximum atomic E-state index is 11.9. The highest BCUT2D eigenvalue weighted by Gasteiger charge is 2.13. The molecule has 0 aliphatic heterocycles. The molecule has 0 saturated heterocycles. The normalized spacial score (nSPS) is 10.2. The second-order valence-electron chi connectivity index (χ2n) is 4.46. The number of carbonyl (C=O) groups excluding carboxylic acids is 1. The van der Waals surface area contributed by atoms with E-state index in [1.807, 2.05) is 13.0 Å². The Hall–Kier alpha value is -2.10. The molecule has 1 aromatic carbocycles. The van der Waals surface area contributed by atoms with Crippen molar-refractivity contribution in [3.8, 4) is 6.07 Å². The van der Waals surface area contributed by atoms with Gasteiger partial charge in [0.05, 0.1) is 23.7 Å². The van der Waals surface area contributed by atoms with E-state index in [-0.39, 0.29) is 24.0 Å². The van der Waals surface area contributed by atoms with Crippen molar-refractivity contribution >= 4 is 29.2 Å². The molecule has 1 aromatic rings. The van der Waals surface area contributed by atoms with E-state index in [0.717, 1.165) is 6.42 Å². The van der Waals surface area contributed by atoms with Crippen LogP contribution in [0, 0.1) is 11.3 Å². The summed E-state index contributed by atoms with van der Waals surface area (Å²) in [5.41, 5.74) is 0.795. The van der Waals surface area contributed by atoms with Gasteiger partial charge < -0.3 is 10.4 Å². The van der Waals surface area contributed by atoms with E-state index in [0.29, 0.717) is 17.8 Å². The van der Waals surface area contributed by atoms with E-state index in [4.69, 9.17) is 22.0 Å². The molecular weight excluding hydrogens is 294 g/mol. The van der Waals surface area contributed by atoms with Gasteiger partial charge in [0.15, 0.2) is 0 Å². The number of carbonyl (C=O) groups is 2. The Balaban J connectivity index is 2.65. The number of nitriles is 1. The van der Waals surface area contributed by atoms with Gasteiger partial charge in [0.25, 0.3) is 0 Å². The monoisotopic (exact) mass is 309 g/mol. The summed E-state index contributed by atoms with van der Waals surface area (Å²) in [5, 5.41) is 20.4. The second kappa shape index (κ2) is 8.25. The summed E-state index contributed by atoms with van der Waals surface area (Å²) in [6, 6.07) is 6.50. The number of carboxylic acid groups (broad SMARTS) is 1. The van der Waals surface area contributed by atoms with Crippen molar-refractivity contribution in [3.63, 3.8) is 0 Å². The molecule has 0 aliphatic rings. The van der Waals surface area contributed by atoms with Crippen LogP contribution in [0.4, 0.5) is 5.69 Å². The number of hydrogen-bond acceptors (Lipinski definition) is 4. The Morgan fingerprint density at radius 2 is 2.14 bits per heavy atom. The Morgan fingerprint density at radius 3 is 2.67 bits per heavy atom. The third-order valence-electron chi connectivity index (χ3n) is 2.64. The van der Waals surface area contributed by atoms with Gasteiger partial charge in [-0.05, 0) is 31.2 Å². The first-order valence-corrected chi connectivity index (χ1v) is 6.77. The van der Waals surface area contributed by atoms with Crippen molar-refractivity contribution in [1.82, 2.24) is 4.90 Å². The number of rotatable bonds is 7. The van der Waals surface area contributed by atoms with E-state index < -0.39 is 5.97 Å². The molecule has 0 bridgehead atoms. The molecule has 2 N–H and O–H groups in total. The first-order chi connectivity index (χ1) is 9.96. The molecule has 112 valence electrons. The molecule has 0 spiro atoms. The van der Waals surface area contributed by atoms with Crippen molar-refractivity contribution in [2.45, 2.75) is 13.3 Å². The van der Waals surface area contributed by atoms with Gasteiger partial charge in [0.2, 0.25) is 5.91 Å². The van der Waals surface area contributed by atoms with Crippen LogP contribution in [0.1, 0.15) is 18.9 Å². The summed E-state index contributed by atoms with van der Waals surface area (Å²) in [6.45, 7) is 2.23. The van der Waals surface area contributed by atoms with Gasteiger partial charge in [0, 0.05) is 5.69 Å². The molecule has 1 rings (SSSR count). The van der Waals surface area contributed by atoms with Crippen LogP contribution in [0.2, 0.25) is 5.02 Å². The number of hydrogen-bond donors (Lipinski definition) is 2. The number of nitrogens with one attached hydrogen (secondary N) is 1. The van der Waals surface area contributed by atoms with Crippen molar-refractivity contribution in [2.24, 2.45) is 0 Å². The highest BCUT2D eigenvalue weighted by molar-refractivity contribution is 6.32. The molecular formula is C14H16ClN3O3.